The van der Waals surface area contributed by atoms with Crippen molar-refractivity contribution in [1.29, 1.82) is 0 Å². The fourth-order valence-corrected chi connectivity index (χ4v) is 1.55. The van der Waals surface area contributed by atoms with Gasteiger partial charge in [-0.1, -0.05) is 27.2 Å². The number of rotatable bonds is 8. The summed E-state index contributed by atoms with van der Waals surface area (Å²) in [7, 11) is 0. The van der Waals surface area contributed by atoms with E-state index < -0.39 is 0 Å². The third-order valence-electron chi connectivity index (χ3n) is 3.08. The summed E-state index contributed by atoms with van der Waals surface area (Å²) in [6, 6.07) is 0.691. The Labute approximate surface area is 100 Å². The molecule has 0 saturated carbocycles. The van der Waals surface area contributed by atoms with Crippen LogP contribution in [0.2, 0.25) is 0 Å². The Morgan fingerprint density at radius 3 is 2.19 bits per heavy atom. The van der Waals surface area contributed by atoms with Gasteiger partial charge in [-0.3, -0.25) is 4.79 Å². The molecule has 2 N–H and O–H groups in total. The molecule has 0 fully saturated rings. The lowest BCUT2D eigenvalue weighted by Gasteiger charge is -2.18. The second-order valence-electron chi connectivity index (χ2n) is 4.91. The topological polar surface area (TPSA) is 41.1 Å². The van der Waals surface area contributed by atoms with Crippen molar-refractivity contribution >= 4 is 5.91 Å². The maximum absolute atomic E-state index is 11.5. The Bertz CT molecular complexity index is 194. The van der Waals surface area contributed by atoms with Crippen molar-refractivity contribution in [2.24, 2.45) is 5.92 Å². The quantitative estimate of drug-likeness (QED) is 0.669. The summed E-state index contributed by atoms with van der Waals surface area (Å²) >= 11 is 0. The average Bonchev–Trinajstić information content (AvgIpc) is 2.26. The fourth-order valence-electron chi connectivity index (χ4n) is 1.55. The van der Waals surface area contributed by atoms with Gasteiger partial charge in [0.1, 0.15) is 0 Å². The molecule has 3 unspecified atom stereocenters. The first-order chi connectivity index (χ1) is 7.49. The molecular weight excluding hydrogens is 200 g/mol. The van der Waals surface area contributed by atoms with Gasteiger partial charge in [0.25, 0.3) is 0 Å². The molecule has 16 heavy (non-hydrogen) atoms. The smallest absolute Gasteiger partial charge is 0.234 e. The van der Waals surface area contributed by atoms with Crippen LogP contribution in [0.25, 0.3) is 0 Å². The Morgan fingerprint density at radius 1 is 1.06 bits per heavy atom. The summed E-state index contributed by atoms with van der Waals surface area (Å²) in [4.78, 5) is 11.5. The van der Waals surface area contributed by atoms with E-state index in [1.165, 1.54) is 6.42 Å². The SMILES string of the molecule is CCC(C)CC(C)NCC(=O)NC(C)CC. The van der Waals surface area contributed by atoms with Crippen molar-refractivity contribution in [1.82, 2.24) is 10.6 Å². The normalized spacial score (nSPS) is 16.6. The third-order valence-corrected chi connectivity index (χ3v) is 3.08. The molecule has 0 aliphatic carbocycles. The minimum absolute atomic E-state index is 0.102. The maximum atomic E-state index is 11.5. The lowest BCUT2D eigenvalue weighted by molar-refractivity contribution is -0.121. The van der Waals surface area contributed by atoms with Gasteiger partial charge in [-0.2, -0.15) is 0 Å². The lowest BCUT2D eigenvalue weighted by Crippen LogP contribution is -2.41. The van der Waals surface area contributed by atoms with Gasteiger partial charge in [0.05, 0.1) is 6.54 Å². The number of hydrogen-bond acceptors (Lipinski definition) is 2. The highest BCUT2D eigenvalue weighted by Crippen LogP contribution is 2.08. The molecule has 3 nitrogen and oxygen atoms in total. The van der Waals surface area contributed by atoms with E-state index in [0.717, 1.165) is 18.8 Å². The van der Waals surface area contributed by atoms with Gasteiger partial charge in [0.2, 0.25) is 5.91 Å². The molecule has 3 heteroatoms. The van der Waals surface area contributed by atoms with Gasteiger partial charge >= 0.3 is 0 Å². The second-order valence-corrected chi connectivity index (χ2v) is 4.91. The van der Waals surface area contributed by atoms with Crippen LogP contribution in [0, 0.1) is 5.92 Å². The van der Waals surface area contributed by atoms with Gasteiger partial charge < -0.3 is 10.6 Å². The molecule has 0 bridgehead atoms. The van der Waals surface area contributed by atoms with Crippen molar-refractivity contribution in [3.05, 3.63) is 0 Å². The third kappa shape index (κ3) is 7.69. The van der Waals surface area contributed by atoms with E-state index in [1.54, 1.807) is 0 Å². The van der Waals surface area contributed by atoms with Gasteiger partial charge in [0, 0.05) is 12.1 Å². The average molecular weight is 228 g/mol. The van der Waals surface area contributed by atoms with E-state index in [9.17, 15) is 4.79 Å². The van der Waals surface area contributed by atoms with E-state index in [-0.39, 0.29) is 11.9 Å². The molecule has 1 amide bonds. The zero-order chi connectivity index (χ0) is 12.6. The molecule has 0 rings (SSSR count). The minimum Gasteiger partial charge on any atom is -0.353 e. The van der Waals surface area contributed by atoms with Crippen LogP contribution < -0.4 is 10.6 Å². The molecule has 96 valence electrons. The Morgan fingerprint density at radius 2 is 1.69 bits per heavy atom. The van der Waals surface area contributed by atoms with Crippen LogP contribution in [0.15, 0.2) is 0 Å². The van der Waals surface area contributed by atoms with Crippen molar-refractivity contribution in [3.63, 3.8) is 0 Å². The van der Waals surface area contributed by atoms with E-state index in [0.29, 0.717) is 12.6 Å². The first kappa shape index (κ1) is 15.4. The highest BCUT2D eigenvalue weighted by molar-refractivity contribution is 5.78. The van der Waals surface area contributed by atoms with E-state index >= 15 is 0 Å². The van der Waals surface area contributed by atoms with Gasteiger partial charge in [0.15, 0.2) is 0 Å². The second kappa shape index (κ2) is 8.57. The molecule has 3 atom stereocenters. The number of hydrogen-bond donors (Lipinski definition) is 2. The monoisotopic (exact) mass is 228 g/mol. The van der Waals surface area contributed by atoms with Crippen LogP contribution in [-0.2, 0) is 4.79 Å². The van der Waals surface area contributed by atoms with Crippen LogP contribution >= 0.6 is 0 Å². The molecule has 0 aromatic heterocycles. The molecule has 0 aliphatic rings. The molecule has 0 aliphatic heterocycles. The van der Waals surface area contributed by atoms with Crippen LogP contribution in [0.1, 0.15) is 53.9 Å². The van der Waals surface area contributed by atoms with Crippen LogP contribution in [0.4, 0.5) is 0 Å². The highest BCUT2D eigenvalue weighted by Gasteiger charge is 2.09. The minimum atomic E-state index is 0.102. The van der Waals surface area contributed by atoms with Crippen molar-refractivity contribution in [3.8, 4) is 0 Å². The first-order valence-electron chi connectivity index (χ1n) is 6.52. The van der Waals surface area contributed by atoms with Crippen LogP contribution in [0.5, 0.6) is 0 Å². The molecule has 0 aromatic rings. The largest absolute Gasteiger partial charge is 0.353 e. The van der Waals surface area contributed by atoms with E-state index in [2.05, 4.69) is 38.3 Å². The van der Waals surface area contributed by atoms with Crippen molar-refractivity contribution in [2.45, 2.75) is 66.0 Å². The molecule has 0 aromatic carbocycles. The summed E-state index contributed by atoms with van der Waals surface area (Å²) in [5.74, 6) is 0.825. The molecule has 0 radical (unpaired) electrons. The summed E-state index contributed by atoms with van der Waals surface area (Å²) < 4.78 is 0. The summed E-state index contributed by atoms with van der Waals surface area (Å²) in [6.45, 7) is 11.1. The Kier molecular flexibility index (Phi) is 8.26. The Balaban J connectivity index is 3.66. The standard InChI is InChI=1S/C13H28N2O/c1-6-10(3)8-12(5)14-9-13(16)15-11(4)7-2/h10-12,14H,6-9H2,1-5H3,(H,15,16). The zero-order valence-electron chi connectivity index (χ0n) is 11.5. The van der Waals surface area contributed by atoms with Crippen LogP contribution in [0.3, 0.4) is 0 Å². The Hall–Kier alpha value is -0.570. The highest BCUT2D eigenvalue weighted by atomic mass is 16.1. The molecule has 0 heterocycles. The van der Waals surface area contributed by atoms with Crippen LogP contribution in [-0.4, -0.2) is 24.5 Å². The molecule has 0 spiro atoms. The van der Waals surface area contributed by atoms with Crippen molar-refractivity contribution in [2.75, 3.05) is 6.54 Å². The predicted molar refractivity (Wildman–Crippen MR) is 69.4 cm³/mol. The fraction of sp³-hybridized carbons (Fsp3) is 0.923. The van der Waals surface area contributed by atoms with Crippen molar-refractivity contribution < 1.29 is 4.79 Å². The van der Waals surface area contributed by atoms with Gasteiger partial charge in [-0.15, -0.1) is 0 Å². The zero-order valence-corrected chi connectivity index (χ0v) is 11.5. The summed E-state index contributed by atoms with van der Waals surface area (Å²) in [5.41, 5.74) is 0. The molecule has 0 saturated heterocycles. The van der Waals surface area contributed by atoms with E-state index in [1.807, 2.05) is 6.92 Å². The number of carbonyl (C=O) groups is 1. The number of nitrogens with one attached hydrogen (secondary N) is 2. The lowest BCUT2D eigenvalue weighted by atomic mass is 10.0. The number of amides is 1. The molecular formula is C13H28N2O. The summed E-state index contributed by atoms with van der Waals surface area (Å²) in [5, 5.41) is 6.22. The predicted octanol–water partition coefficient (Wildman–Crippen LogP) is 2.32. The van der Waals surface area contributed by atoms with E-state index in [4.69, 9.17) is 0 Å². The first-order valence-corrected chi connectivity index (χ1v) is 6.52. The van der Waals surface area contributed by atoms with Gasteiger partial charge in [-0.05, 0) is 32.6 Å². The van der Waals surface area contributed by atoms with Gasteiger partial charge in [-0.25, -0.2) is 0 Å². The number of carbonyl (C=O) groups excluding carboxylic acids is 1. The summed E-state index contributed by atoms with van der Waals surface area (Å²) in [6.07, 6.45) is 3.31. The maximum Gasteiger partial charge on any atom is 0.234 e.